The standard InChI is InChI=1S/C12H15N5O3/c1-8(14)11-7-16(2-3-20-11)12-10(17(18)19)4-9(5-13)6-15-12/h4,6,8,11H,2-3,7,14H2,1H3. The van der Waals surface area contributed by atoms with Gasteiger partial charge in [0.1, 0.15) is 6.07 Å². The molecule has 1 aliphatic heterocycles. The summed E-state index contributed by atoms with van der Waals surface area (Å²) in [4.78, 5) is 16.4. The van der Waals surface area contributed by atoms with Crippen molar-refractivity contribution in [2.24, 2.45) is 5.73 Å². The van der Waals surface area contributed by atoms with E-state index in [0.717, 1.165) is 0 Å². The molecule has 0 aromatic carbocycles. The van der Waals surface area contributed by atoms with Gasteiger partial charge in [-0.2, -0.15) is 5.26 Å². The molecule has 1 saturated heterocycles. The smallest absolute Gasteiger partial charge is 0.312 e. The lowest BCUT2D eigenvalue weighted by Crippen LogP contribution is -2.50. The second-order valence-corrected chi connectivity index (χ2v) is 4.65. The minimum absolute atomic E-state index is 0.164. The Bertz CT molecular complexity index is 555. The van der Waals surface area contributed by atoms with Gasteiger partial charge >= 0.3 is 5.69 Å². The predicted molar refractivity (Wildman–Crippen MR) is 71.2 cm³/mol. The first-order valence-corrected chi connectivity index (χ1v) is 6.19. The number of nitro groups is 1. The molecular weight excluding hydrogens is 262 g/mol. The van der Waals surface area contributed by atoms with Crippen LogP contribution in [0.1, 0.15) is 12.5 Å². The highest BCUT2D eigenvalue weighted by molar-refractivity contribution is 5.60. The fraction of sp³-hybridized carbons (Fsp3) is 0.500. The molecule has 2 heterocycles. The monoisotopic (exact) mass is 277 g/mol. The zero-order valence-electron chi connectivity index (χ0n) is 11.0. The van der Waals surface area contributed by atoms with Crippen LogP contribution in [0.3, 0.4) is 0 Å². The van der Waals surface area contributed by atoms with Crippen LogP contribution in [0.25, 0.3) is 0 Å². The molecule has 8 nitrogen and oxygen atoms in total. The van der Waals surface area contributed by atoms with Crippen LogP contribution in [0.4, 0.5) is 11.5 Å². The number of hydrogen-bond donors (Lipinski definition) is 1. The number of nitrogens with two attached hydrogens (primary N) is 1. The van der Waals surface area contributed by atoms with Crippen LogP contribution < -0.4 is 10.6 Å². The lowest BCUT2D eigenvalue weighted by Gasteiger charge is -2.35. The van der Waals surface area contributed by atoms with E-state index in [1.807, 2.05) is 13.0 Å². The average Bonchev–Trinajstić information content (AvgIpc) is 2.46. The SMILES string of the molecule is CC(N)C1CN(c2ncc(C#N)cc2[N+](=O)[O-])CCO1. The van der Waals surface area contributed by atoms with Crippen molar-refractivity contribution >= 4 is 11.5 Å². The Hall–Kier alpha value is -2.24. The van der Waals surface area contributed by atoms with Crippen molar-refractivity contribution in [3.05, 3.63) is 27.9 Å². The quantitative estimate of drug-likeness (QED) is 0.628. The normalized spacial score (nSPS) is 20.2. The van der Waals surface area contributed by atoms with Crippen molar-refractivity contribution in [1.29, 1.82) is 5.26 Å². The third-order valence-electron chi connectivity index (χ3n) is 3.15. The molecule has 2 atom stereocenters. The second-order valence-electron chi connectivity index (χ2n) is 4.65. The Morgan fingerprint density at radius 1 is 1.75 bits per heavy atom. The highest BCUT2D eigenvalue weighted by atomic mass is 16.6. The van der Waals surface area contributed by atoms with Gasteiger partial charge in [-0.1, -0.05) is 0 Å². The minimum Gasteiger partial charge on any atom is -0.373 e. The Balaban J connectivity index is 2.32. The molecule has 1 aromatic heterocycles. The maximum atomic E-state index is 11.1. The predicted octanol–water partition coefficient (Wildman–Crippen LogP) is 0.414. The van der Waals surface area contributed by atoms with Crippen LogP contribution in [0.2, 0.25) is 0 Å². The van der Waals surface area contributed by atoms with Gasteiger partial charge < -0.3 is 15.4 Å². The van der Waals surface area contributed by atoms with Gasteiger partial charge in [-0.3, -0.25) is 10.1 Å². The summed E-state index contributed by atoms with van der Waals surface area (Å²) in [6.45, 7) is 3.21. The zero-order valence-corrected chi connectivity index (χ0v) is 11.0. The van der Waals surface area contributed by atoms with Crippen molar-refractivity contribution in [2.75, 3.05) is 24.6 Å². The highest BCUT2D eigenvalue weighted by Gasteiger charge is 2.29. The van der Waals surface area contributed by atoms with Gasteiger partial charge in [0, 0.05) is 31.4 Å². The Morgan fingerprint density at radius 2 is 2.50 bits per heavy atom. The van der Waals surface area contributed by atoms with Gasteiger partial charge in [-0.15, -0.1) is 0 Å². The summed E-state index contributed by atoms with van der Waals surface area (Å²) in [6, 6.07) is 2.91. The molecule has 0 saturated carbocycles. The Morgan fingerprint density at radius 3 is 3.10 bits per heavy atom. The maximum Gasteiger partial charge on any atom is 0.312 e. The zero-order chi connectivity index (χ0) is 14.7. The van der Waals surface area contributed by atoms with E-state index in [1.54, 1.807) is 4.90 Å². The van der Waals surface area contributed by atoms with Crippen LogP contribution >= 0.6 is 0 Å². The lowest BCUT2D eigenvalue weighted by molar-refractivity contribution is -0.384. The summed E-state index contributed by atoms with van der Waals surface area (Å²) >= 11 is 0. The number of pyridine rings is 1. The number of morpholine rings is 1. The number of aromatic nitrogens is 1. The van der Waals surface area contributed by atoms with Crippen molar-refractivity contribution in [3.63, 3.8) is 0 Å². The number of anilines is 1. The molecule has 0 radical (unpaired) electrons. The van der Waals surface area contributed by atoms with Gasteiger partial charge in [0.25, 0.3) is 0 Å². The third-order valence-corrected chi connectivity index (χ3v) is 3.15. The molecule has 0 aliphatic carbocycles. The van der Waals surface area contributed by atoms with Gasteiger partial charge in [0.15, 0.2) is 0 Å². The molecule has 8 heteroatoms. The molecule has 1 aliphatic rings. The van der Waals surface area contributed by atoms with Crippen LogP contribution in [0.5, 0.6) is 0 Å². The maximum absolute atomic E-state index is 11.1. The summed E-state index contributed by atoms with van der Waals surface area (Å²) in [5.41, 5.74) is 5.79. The van der Waals surface area contributed by atoms with Crippen LogP contribution in [0, 0.1) is 21.4 Å². The molecule has 2 unspecified atom stereocenters. The minimum atomic E-state index is -0.528. The molecule has 1 aromatic rings. The van der Waals surface area contributed by atoms with E-state index < -0.39 is 4.92 Å². The van der Waals surface area contributed by atoms with Gasteiger partial charge in [-0.25, -0.2) is 4.98 Å². The molecule has 106 valence electrons. The first-order chi connectivity index (χ1) is 9.52. The van der Waals surface area contributed by atoms with Crippen LogP contribution in [0.15, 0.2) is 12.3 Å². The van der Waals surface area contributed by atoms with Gasteiger partial charge in [-0.05, 0) is 6.92 Å². The number of nitrogens with zero attached hydrogens (tertiary/aromatic N) is 4. The van der Waals surface area contributed by atoms with E-state index in [0.29, 0.717) is 19.7 Å². The Labute approximate surface area is 115 Å². The van der Waals surface area contributed by atoms with Crippen molar-refractivity contribution in [2.45, 2.75) is 19.1 Å². The van der Waals surface area contributed by atoms with E-state index in [4.69, 9.17) is 15.7 Å². The topological polar surface area (TPSA) is 118 Å². The first kappa shape index (κ1) is 14.2. The molecule has 20 heavy (non-hydrogen) atoms. The molecule has 0 amide bonds. The third kappa shape index (κ3) is 2.84. The second kappa shape index (κ2) is 5.81. The lowest BCUT2D eigenvalue weighted by atomic mass is 10.1. The van der Waals surface area contributed by atoms with Crippen LogP contribution in [-0.4, -0.2) is 41.7 Å². The summed E-state index contributed by atoms with van der Waals surface area (Å²) in [5.74, 6) is 0.253. The van der Waals surface area contributed by atoms with Crippen molar-refractivity contribution in [3.8, 4) is 6.07 Å². The van der Waals surface area contributed by atoms with E-state index >= 15 is 0 Å². The van der Waals surface area contributed by atoms with E-state index in [9.17, 15) is 10.1 Å². The summed E-state index contributed by atoms with van der Waals surface area (Å²) in [5, 5.41) is 19.9. The number of ether oxygens (including phenoxy) is 1. The summed E-state index contributed by atoms with van der Waals surface area (Å²) < 4.78 is 5.52. The highest BCUT2D eigenvalue weighted by Crippen LogP contribution is 2.28. The van der Waals surface area contributed by atoms with Crippen molar-refractivity contribution < 1.29 is 9.66 Å². The fourth-order valence-electron chi connectivity index (χ4n) is 2.07. The molecule has 2 rings (SSSR count). The first-order valence-electron chi connectivity index (χ1n) is 6.19. The van der Waals surface area contributed by atoms with Gasteiger partial charge in [0.2, 0.25) is 5.82 Å². The van der Waals surface area contributed by atoms with Gasteiger partial charge in [0.05, 0.1) is 23.2 Å². The molecular formula is C12H15N5O3. The molecule has 0 spiro atoms. The molecule has 1 fully saturated rings. The average molecular weight is 277 g/mol. The van der Waals surface area contributed by atoms with E-state index in [1.165, 1.54) is 12.3 Å². The van der Waals surface area contributed by atoms with Crippen molar-refractivity contribution in [1.82, 2.24) is 4.98 Å². The number of nitriles is 1. The summed E-state index contributed by atoms with van der Waals surface area (Å²) in [6.07, 6.45) is 1.14. The Kier molecular flexibility index (Phi) is 4.12. The largest absolute Gasteiger partial charge is 0.373 e. The number of rotatable bonds is 3. The number of hydrogen-bond acceptors (Lipinski definition) is 7. The van der Waals surface area contributed by atoms with Crippen LogP contribution in [-0.2, 0) is 4.74 Å². The molecule has 0 bridgehead atoms. The molecule has 2 N–H and O–H groups in total. The fourth-order valence-corrected chi connectivity index (χ4v) is 2.07. The summed E-state index contributed by atoms with van der Waals surface area (Å²) in [7, 11) is 0. The van der Waals surface area contributed by atoms with E-state index in [-0.39, 0.29) is 29.2 Å². The van der Waals surface area contributed by atoms with E-state index in [2.05, 4.69) is 4.98 Å².